The van der Waals surface area contributed by atoms with Crippen molar-refractivity contribution in [3.63, 3.8) is 0 Å². The zero-order chi connectivity index (χ0) is 21.5. The topological polar surface area (TPSA) is 97.4 Å². The molecule has 1 atom stereocenters. The maximum absolute atomic E-state index is 14.7. The number of nitrogen functional groups attached to an aromatic ring is 1. The third-order valence-electron chi connectivity index (χ3n) is 4.45. The quantitative estimate of drug-likeness (QED) is 0.356. The molecule has 0 aromatic heterocycles. The Hall–Kier alpha value is -3.42. The van der Waals surface area contributed by atoms with Gasteiger partial charge in [-0.2, -0.15) is 0 Å². The molecule has 0 saturated heterocycles. The largest absolute Gasteiger partial charge is 0.457 e. The number of nitrogens with two attached hydrogens (primary N) is 1. The second-order valence-corrected chi connectivity index (χ2v) is 6.51. The Labute approximate surface area is 186 Å². The summed E-state index contributed by atoms with van der Waals surface area (Å²) in [6, 6.07) is 20.2. The maximum Gasteiger partial charge on any atom is 0.254 e. The van der Waals surface area contributed by atoms with Crippen molar-refractivity contribution in [1.82, 2.24) is 5.32 Å². The first-order valence-electron chi connectivity index (χ1n) is 9.24. The van der Waals surface area contributed by atoms with Crippen LogP contribution in [-0.2, 0) is 16.1 Å². The molecular formula is C23H23ClFN3O3. The monoisotopic (exact) mass is 443 g/mol. The molecule has 8 heteroatoms. The minimum Gasteiger partial charge on any atom is -0.457 e. The lowest BCUT2D eigenvalue weighted by molar-refractivity contribution is -0.131. The number of halogens is 2. The van der Waals surface area contributed by atoms with Crippen LogP contribution >= 0.6 is 12.4 Å². The number of nitrogens with one attached hydrogen (secondary N) is 2. The van der Waals surface area contributed by atoms with Crippen molar-refractivity contribution in [3.05, 3.63) is 95.3 Å². The minimum absolute atomic E-state index is 0. The molecule has 0 aliphatic heterocycles. The van der Waals surface area contributed by atoms with Gasteiger partial charge < -0.3 is 20.5 Å². The minimum atomic E-state index is -1.19. The summed E-state index contributed by atoms with van der Waals surface area (Å²) < 4.78 is 25.8. The normalized spacial score (nSPS) is 11.2. The lowest BCUT2D eigenvalue weighted by atomic mass is 10.1. The van der Waals surface area contributed by atoms with Gasteiger partial charge in [0.1, 0.15) is 23.2 Å². The number of para-hydroxylation sites is 1. The van der Waals surface area contributed by atoms with Crippen LogP contribution in [0, 0.1) is 11.2 Å². The fourth-order valence-corrected chi connectivity index (χ4v) is 2.92. The maximum atomic E-state index is 14.7. The Bertz CT molecular complexity index is 1030. The summed E-state index contributed by atoms with van der Waals surface area (Å²) in [5.41, 5.74) is 6.86. The van der Waals surface area contributed by atoms with Gasteiger partial charge in [0.25, 0.3) is 5.91 Å². The van der Waals surface area contributed by atoms with Gasteiger partial charge in [0.05, 0.1) is 5.56 Å². The predicted molar refractivity (Wildman–Crippen MR) is 119 cm³/mol. The molecule has 0 fully saturated rings. The highest BCUT2D eigenvalue weighted by atomic mass is 35.5. The first kappa shape index (κ1) is 23.9. The van der Waals surface area contributed by atoms with E-state index in [1.807, 2.05) is 6.07 Å². The number of hydrogen-bond donors (Lipinski definition) is 3. The highest BCUT2D eigenvalue weighted by molar-refractivity contribution is 5.94. The molecule has 3 rings (SSSR count). The van der Waals surface area contributed by atoms with Gasteiger partial charge in [0, 0.05) is 19.2 Å². The number of amides is 1. The van der Waals surface area contributed by atoms with Crippen molar-refractivity contribution in [2.24, 2.45) is 5.73 Å². The molecule has 0 unspecified atom stereocenters. The number of ether oxygens (including phenoxy) is 2. The number of benzene rings is 3. The number of rotatable bonds is 8. The van der Waals surface area contributed by atoms with E-state index in [1.165, 1.54) is 19.2 Å². The standard InChI is InChI=1S/C23H22FN3O3.ClH/c1-29-21(23(28)27-14-15-10-12-16(13-11-15)22(25)26)20-18(24)8-5-9-19(20)30-17-6-3-2-4-7-17;/h2-13,21H,14H2,1H3,(H3,25,26)(H,27,28);1H/t21-;/m0./s1. The fraction of sp³-hybridized carbons (Fsp3) is 0.130. The number of hydrogen-bond acceptors (Lipinski definition) is 4. The number of carbonyl (C=O) groups excluding carboxylic acids is 1. The van der Waals surface area contributed by atoms with Gasteiger partial charge in [0.2, 0.25) is 0 Å². The van der Waals surface area contributed by atoms with Crippen LogP contribution in [-0.4, -0.2) is 18.9 Å². The molecule has 6 nitrogen and oxygen atoms in total. The van der Waals surface area contributed by atoms with Crippen molar-refractivity contribution >= 4 is 24.1 Å². The van der Waals surface area contributed by atoms with E-state index in [9.17, 15) is 9.18 Å². The van der Waals surface area contributed by atoms with E-state index >= 15 is 0 Å². The van der Waals surface area contributed by atoms with Crippen LogP contribution in [0.4, 0.5) is 4.39 Å². The van der Waals surface area contributed by atoms with Crippen molar-refractivity contribution < 1.29 is 18.7 Å². The van der Waals surface area contributed by atoms with E-state index in [1.54, 1.807) is 54.6 Å². The average Bonchev–Trinajstić information content (AvgIpc) is 2.75. The third-order valence-corrected chi connectivity index (χ3v) is 4.45. The van der Waals surface area contributed by atoms with Gasteiger partial charge >= 0.3 is 0 Å². The molecule has 0 aliphatic rings. The lowest BCUT2D eigenvalue weighted by Crippen LogP contribution is -2.30. The number of carbonyl (C=O) groups is 1. The molecule has 3 aromatic rings. The average molecular weight is 444 g/mol. The van der Waals surface area contributed by atoms with Crippen molar-refractivity contribution in [2.45, 2.75) is 12.6 Å². The Kier molecular flexibility index (Phi) is 8.54. The van der Waals surface area contributed by atoms with Gasteiger partial charge in [0.15, 0.2) is 6.10 Å². The van der Waals surface area contributed by atoms with Gasteiger partial charge in [-0.15, -0.1) is 12.4 Å². The van der Waals surface area contributed by atoms with Crippen LogP contribution < -0.4 is 15.8 Å². The first-order chi connectivity index (χ1) is 14.5. The zero-order valence-electron chi connectivity index (χ0n) is 16.8. The van der Waals surface area contributed by atoms with Crippen LogP contribution in [0.3, 0.4) is 0 Å². The van der Waals surface area contributed by atoms with E-state index in [4.69, 9.17) is 20.6 Å². The number of methoxy groups -OCH3 is 1. The van der Waals surface area contributed by atoms with Crippen LogP contribution in [0.2, 0.25) is 0 Å². The van der Waals surface area contributed by atoms with Gasteiger partial charge in [-0.1, -0.05) is 48.5 Å². The molecule has 1 amide bonds. The van der Waals surface area contributed by atoms with Crippen LogP contribution in [0.15, 0.2) is 72.8 Å². The Morgan fingerprint density at radius 1 is 1.06 bits per heavy atom. The van der Waals surface area contributed by atoms with Crippen LogP contribution in [0.25, 0.3) is 0 Å². The fourth-order valence-electron chi connectivity index (χ4n) is 2.92. The second kappa shape index (κ2) is 11.1. The summed E-state index contributed by atoms with van der Waals surface area (Å²) >= 11 is 0. The van der Waals surface area contributed by atoms with Gasteiger partial charge in [-0.3, -0.25) is 10.2 Å². The molecule has 4 N–H and O–H groups in total. The molecule has 162 valence electrons. The summed E-state index contributed by atoms with van der Waals surface area (Å²) in [6.07, 6.45) is -1.19. The summed E-state index contributed by atoms with van der Waals surface area (Å²) in [7, 11) is 1.34. The van der Waals surface area contributed by atoms with E-state index in [2.05, 4.69) is 5.32 Å². The van der Waals surface area contributed by atoms with Crippen LogP contribution in [0.1, 0.15) is 22.8 Å². The molecule has 31 heavy (non-hydrogen) atoms. The van der Waals surface area contributed by atoms with Crippen molar-refractivity contribution in [2.75, 3.05) is 7.11 Å². The Balaban J connectivity index is 0.00000341. The molecule has 0 heterocycles. The molecule has 0 bridgehead atoms. The molecule has 0 spiro atoms. The first-order valence-corrected chi connectivity index (χ1v) is 9.24. The molecule has 0 radical (unpaired) electrons. The summed E-state index contributed by atoms with van der Waals surface area (Å²) in [5.74, 6) is -0.415. The summed E-state index contributed by atoms with van der Waals surface area (Å²) in [4.78, 5) is 12.8. The van der Waals surface area contributed by atoms with E-state index in [0.717, 1.165) is 5.56 Å². The Morgan fingerprint density at radius 2 is 1.74 bits per heavy atom. The zero-order valence-corrected chi connectivity index (χ0v) is 17.6. The van der Waals surface area contributed by atoms with Crippen molar-refractivity contribution in [1.29, 1.82) is 5.41 Å². The smallest absolute Gasteiger partial charge is 0.254 e. The number of amidine groups is 1. The SMILES string of the molecule is CO[C@H](C(=O)NCc1ccc(C(=N)N)cc1)c1c(F)cccc1Oc1ccccc1.Cl. The predicted octanol–water partition coefficient (Wildman–Crippen LogP) is 4.33. The molecule has 0 aliphatic carbocycles. The van der Waals surface area contributed by atoms with Crippen LogP contribution in [0.5, 0.6) is 11.5 Å². The van der Waals surface area contributed by atoms with Gasteiger partial charge in [-0.05, 0) is 29.8 Å². The van der Waals surface area contributed by atoms with E-state index in [0.29, 0.717) is 11.3 Å². The summed E-state index contributed by atoms with van der Waals surface area (Å²) in [5, 5.41) is 10.2. The summed E-state index contributed by atoms with van der Waals surface area (Å²) in [6.45, 7) is 0.209. The molecular weight excluding hydrogens is 421 g/mol. The molecule has 0 saturated carbocycles. The van der Waals surface area contributed by atoms with Gasteiger partial charge in [-0.25, -0.2) is 4.39 Å². The highest BCUT2D eigenvalue weighted by Crippen LogP contribution is 2.33. The lowest BCUT2D eigenvalue weighted by Gasteiger charge is -2.19. The molecule has 3 aromatic carbocycles. The third kappa shape index (κ3) is 6.04. The Morgan fingerprint density at radius 3 is 2.35 bits per heavy atom. The van der Waals surface area contributed by atoms with E-state index in [-0.39, 0.29) is 36.1 Å². The second-order valence-electron chi connectivity index (χ2n) is 6.51. The van der Waals surface area contributed by atoms with Crippen molar-refractivity contribution in [3.8, 4) is 11.5 Å². The van der Waals surface area contributed by atoms with E-state index < -0.39 is 17.8 Å². The highest BCUT2D eigenvalue weighted by Gasteiger charge is 2.27.